The van der Waals surface area contributed by atoms with E-state index in [4.69, 9.17) is 4.74 Å². The molecule has 0 saturated heterocycles. The number of para-hydroxylation sites is 1. The van der Waals surface area contributed by atoms with Gasteiger partial charge in [0.1, 0.15) is 12.4 Å². The Morgan fingerprint density at radius 2 is 2.13 bits per heavy atom. The van der Waals surface area contributed by atoms with Crippen molar-refractivity contribution in [2.75, 3.05) is 6.61 Å². The fraction of sp³-hybridized carbons (Fsp3) is 0.417. The molecule has 0 spiro atoms. The summed E-state index contributed by atoms with van der Waals surface area (Å²) < 4.78 is 10.1. The molecule has 0 aliphatic heterocycles. The summed E-state index contributed by atoms with van der Waals surface area (Å²) in [6.07, 6.45) is 2.12. The molecular formula is C12H15O3. The van der Waals surface area contributed by atoms with Gasteiger partial charge in [-0.1, -0.05) is 31.5 Å². The van der Waals surface area contributed by atoms with E-state index in [1.54, 1.807) is 0 Å². The van der Waals surface area contributed by atoms with Crippen LogP contribution in [0.5, 0.6) is 5.75 Å². The van der Waals surface area contributed by atoms with Crippen LogP contribution in [-0.4, -0.2) is 13.1 Å². The highest BCUT2D eigenvalue weighted by atomic mass is 16.5. The Morgan fingerprint density at radius 1 is 1.33 bits per heavy atom. The molecule has 0 amide bonds. The largest absolute Gasteiger partial charge is 0.493 e. The molecule has 0 fully saturated rings. The van der Waals surface area contributed by atoms with Crippen LogP contribution in [0.1, 0.15) is 25.3 Å². The van der Waals surface area contributed by atoms with Crippen molar-refractivity contribution in [1.82, 2.24) is 0 Å². The maximum Gasteiger partial charge on any atom is 0.417 e. The van der Waals surface area contributed by atoms with Crippen molar-refractivity contribution in [3.8, 4) is 5.75 Å². The summed E-state index contributed by atoms with van der Waals surface area (Å²) in [5.74, 6) is 0.779. The van der Waals surface area contributed by atoms with Gasteiger partial charge in [0.15, 0.2) is 0 Å². The summed E-state index contributed by atoms with van der Waals surface area (Å²) in [5.41, 5.74) is 0.872. The second-order valence-electron chi connectivity index (χ2n) is 3.18. The number of ether oxygens (including phenoxy) is 2. The van der Waals surface area contributed by atoms with E-state index in [9.17, 15) is 4.79 Å². The predicted molar refractivity (Wildman–Crippen MR) is 57.3 cm³/mol. The van der Waals surface area contributed by atoms with Crippen LogP contribution < -0.4 is 4.74 Å². The number of unbranched alkanes of at least 4 members (excludes halogenated alkanes) is 1. The molecule has 1 aromatic rings. The second-order valence-corrected chi connectivity index (χ2v) is 3.18. The first-order valence-corrected chi connectivity index (χ1v) is 5.08. The van der Waals surface area contributed by atoms with E-state index in [-0.39, 0.29) is 6.61 Å². The normalized spacial score (nSPS) is 9.67. The molecule has 0 saturated carbocycles. The topological polar surface area (TPSA) is 35.5 Å². The fourth-order valence-corrected chi connectivity index (χ4v) is 1.20. The van der Waals surface area contributed by atoms with Crippen LogP contribution in [0.15, 0.2) is 24.3 Å². The van der Waals surface area contributed by atoms with Gasteiger partial charge in [-0.15, -0.1) is 0 Å². The van der Waals surface area contributed by atoms with Crippen molar-refractivity contribution >= 4 is 6.47 Å². The van der Waals surface area contributed by atoms with Crippen molar-refractivity contribution in [2.24, 2.45) is 0 Å². The lowest BCUT2D eigenvalue weighted by Gasteiger charge is -2.09. The molecule has 15 heavy (non-hydrogen) atoms. The molecule has 3 nitrogen and oxygen atoms in total. The van der Waals surface area contributed by atoms with Gasteiger partial charge in [0.05, 0.1) is 6.61 Å². The molecule has 0 atom stereocenters. The van der Waals surface area contributed by atoms with Gasteiger partial charge >= 0.3 is 6.47 Å². The Kier molecular flexibility index (Phi) is 5.30. The molecule has 0 aliphatic rings. The maximum absolute atomic E-state index is 9.96. The standard InChI is InChI=1S/C12H15O3/c1-2-3-8-15-12-7-5-4-6-11(12)9-14-10-13/h4-7H,2-3,8-9H2,1H3. The smallest absolute Gasteiger partial charge is 0.417 e. The van der Waals surface area contributed by atoms with Gasteiger partial charge in [-0.2, -0.15) is 0 Å². The minimum absolute atomic E-state index is 0.214. The van der Waals surface area contributed by atoms with E-state index in [0.717, 1.165) is 24.2 Å². The summed E-state index contributed by atoms with van der Waals surface area (Å²) in [6.45, 7) is 4.42. The molecule has 0 N–H and O–H groups in total. The predicted octanol–water partition coefficient (Wildman–Crippen LogP) is 2.45. The van der Waals surface area contributed by atoms with Crippen LogP contribution in [0.2, 0.25) is 0 Å². The molecule has 1 radical (unpaired) electrons. The van der Waals surface area contributed by atoms with Gasteiger partial charge in [-0.3, -0.25) is 0 Å². The summed E-state index contributed by atoms with van der Waals surface area (Å²) in [7, 11) is 0. The van der Waals surface area contributed by atoms with Gasteiger partial charge in [-0.05, 0) is 12.5 Å². The molecule has 81 valence electrons. The maximum atomic E-state index is 9.96. The van der Waals surface area contributed by atoms with E-state index >= 15 is 0 Å². The van der Waals surface area contributed by atoms with Gasteiger partial charge in [0.25, 0.3) is 0 Å². The van der Waals surface area contributed by atoms with Crippen molar-refractivity contribution in [2.45, 2.75) is 26.4 Å². The fourth-order valence-electron chi connectivity index (χ4n) is 1.20. The second kappa shape index (κ2) is 6.87. The van der Waals surface area contributed by atoms with E-state index < -0.39 is 0 Å². The van der Waals surface area contributed by atoms with Gasteiger partial charge < -0.3 is 9.47 Å². The van der Waals surface area contributed by atoms with Crippen LogP contribution >= 0.6 is 0 Å². The molecule has 0 heterocycles. The third-order valence-corrected chi connectivity index (χ3v) is 2.01. The number of hydrogen-bond acceptors (Lipinski definition) is 3. The highest BCUT2D eigenvalue weighted by molar-refractivity contribution is 5.40. The highest BCUT2D eigenvalue weighted by Gasteiger charge is 2.02. The minimum atomic E-state index is 0.214. The zero-order valence-electron chi connectivity index (χ0n) is 8.86. The van der Waals surface area contributed by atoms with E-state index in [2.05, 4.69) is 11.7 Å². The van der Waals surface area contributed by atoms with Gasteiger partial charge in [0.2, 0.25) is 0 Å². The quantitative estimate of drug-likeness (QED) is 0.644. The molecule has 1 rings (SSSR count). The van der Waals surface area contributed by atoms with Gasteiger partial charge in [0, 0.05) is 5.56 Å². The lowest BCUT2D eigenvalue weighted by Crippen LogP contribution is -2.00. The van der Waals surface area contributed by atoms with E-state index in [1.807, 2.05) is 24.3 Å². The summed E-state index contributed by atoms with van der Waals surface area (Å²) in [5, 5.41) is 0. The van der Waals surface area contributed by atoms with Crippen LogP contribution in [-0.2, 0) is 16.1 Å². The summed E-state index contributed by atoms with van der Waals surface area (Å²) in [4.78, 5) is 9.96. The van der Waals surface area contributed by atoms with Crippen LogP contribution in [0.3, 0.4) is 0 Å². The Balaban J connectivity index is 2.55. The highest BCUT2D eigenvalue weighted by Crippen LogP contribution is 2.18. The van der Waals surface area contributed by atoms with Crippen molar-refractivity contribution in [3.63, 3.8) is 0 Å². The Bertz CT molecular complexity index is 297. The van der Waals surface area contributed by atoms with Crippen LogP contribution in [0.25, 0.3) is 0 Å². The Labute approximate surface area is 90.0 Å². The molecule has 0 aliphatic carbocycles. The first-order chi connectivity index (χ1) is 7.38. The van der Waals surface area contributed by atoms with Crippen LogP contribution in [0.4, 0.5) is 0 Å². The zero-order chi connectivity index (χ0) is 10.9. The third-order valence-electron chi connectivity index (χ3n) is 2.01. The average Bonchev–Trinajstić information content (AvgIpc) is 2.28. The van der Waals surface area contributed by atoms with E-state index in [0.29, 0.717) is 6.61 Å². The summed E-state index contributed by atoms with van der Waals surface area (Å²) in [6, 6.07) is 7.53. The SMILES string of the molecule is CCCCOc1ccccc1CO[C]=O. The number of benzene rings is 1. The molecule has 0 unspecified atom stereocenters. The van der Waals surface area contributed by atoms with Crippen molar-refractivity contribution in [3.05, 3.63) is 29.8 Å². The van der Waals surface area contributed by atoms with E-state index in [1.165, 1.54) is 6.47 Å². The average molecular weight is 207 g/mol. The zero-order valence-corrected chi connectivity index (χ0v) is 8.86. The molecular weight excluding hydrogens is 192 g/mol. The lowest BCUT2D eigenvalue weighted by atomic mass is 10.2. The van der Waals surface area contributed by atoms with Crippen LogP contribution in [0, 0.1) is 0 Å². The van der Waals surface area contributed by atoms with Crippen molar-refractivity contribution < 1.29 is 14.3 Å². The Hall–Kier alpha value is -1.51. The molecule has 0 aromatic heterocycles. The number of rotatable bonds is 7. The first-order valence-electron chi connectivity index (χ1n) is 5.08. The Morgan fingerprint density at radius 3 is 2.87 bits per heavy atom. The van der Waals surface area contributed by atoms with Gasteiger partial charge in [-0.25, -0.2) is 4.79 Å². The molecule has 3 heteroatoms. The summed E-state index contributed by atoms with van der Waals surface area (Å²) >= 11 is 0. The molecule has 0 bridgehead atoms. The third kappa shape index (κ3) is 4.02. The molecule has 1 aromatic carbocycles. The lowest BCUT2D eigenvalue weighted by molar-refractivity contribution is 0.253. The first kappa shape index (κ1) is 11.6. The number of carbonyl (C=O) groups excluding carboxylic acids is 1. The van der Waals surface area contributed by atoms with Crippen molar-refractivity contribution in [1.29, 1.82) is 0 Å². The monoisotopic (exact) mass is 207 g/mol. The minimum Gasteiger partial charge on any atom is -0.493 e. The number of hydrogen-bond donors (Lipinski definition) is 0.